The number of unbranched alkanes of at least 4 members (excludes halogenated alkanes) is 1. The molecule has 0 bridgehead atoms. The molecule has 0 spiro atoms. The summed E-state index contributed by atoms with van der Waals surface area (Å²) in [6, 6.07) is 0. The molecule has 1 aromatic heterocycles. The molecule has 0 aromatic carbocycles. The summed E-state index contributed by atoms with van der Waals surface area (Å²) in [7, 11) is 1.57. The molecule has 2 rings (SSSR count). The molecule has 0 aliphatic heterocycles. The van der Waals surface area contributed by atoms with Crippen LogP contribution in [0, 0.1) is 11.8 Å². The van der Waals surface area contributed by atoms with Crippen molar-refractivity contribution >= 4 is 0 Å². The first kappa shape index (κ1) is 15.2. The quantitative estimate of drug-likeness (QED) is 0.865. The Labute approximate surface area is 121 Å². The highest BCUT2D eigenvalue weighted by Crippen LogP contribution is 2.39. The van der Waals surface area contributed by atoms with Crippen LogP contribution in [-0.4, -0.2) is 22.2 Å². The number of hydrogen-bond donors (Lipinski definition) is 1. The van der Waals surface area contributed by atoms with E-state index >= 15 is 0 Å². The van der Waals surface area contributed by atoms with E-state index in [9.17, 15) is 5.11 Å². The van der Waals surface area contributed by atoms with E-state index in [0.29, 0.717) is 17.5 Å². The lowest BCUT2D eigenvalue weighted by Gasteiger charge is -2.31. The highest BCUT2D eigenvalue weighted by molar-refractivity contribution is 5.20. The van der Waals surface area contributed by atoms with E-state index < -0.39 is 6.10 Å². The number of aliphatic hydroxyl groups is 1. The number of rotatable bonds is 6. The van der Waals surface area contributed by atoms with E-state index in [1.807, 2.05) is 0 Å². The second kappa shape index (κ2) is 7.58. The third-order valence-corrected chi connectivity index (χ3v) is 4.47. The van der Waals surface area contributed by atoms with Crippen LogP contribution in [0.25, 0.3) is 0 Å². The number of nitrogens with zero attached hydrogens (tertiary/aromatic N) is 2. The Morgan fingerprint density at radius 2 is 1.95 bits per heavy atom. The zero-order valence-corrected chi connectivity index (χ0v) is 12.6. The molecule has 1 saturated carbocycles. The van der Waals surface area contributed by atoms with E-state index in [1.165, 1.54) is 32.1 Å². The molecule has 0 amide bonds. The van der Waals surface area contributed by atoms with Gasteiger partial charge in [-0.15, -0.1) is 0 Å². The van der Waals surface area contributed by atoms with Crippen LogP contribution in [0.1, 0.15) is 63.7 Å². The Morgan fingerprint density at radius 3 is 2.60 bits per heavy atom. The standard InChI is InChI=1S/C16H26N2O2/c1-3-4-5-12-6-8-13(9-7-12)15(19)14-16(20-2)18-11-10-17-14/h10-13,15,19H,3-9H2,1-2H3. The maximum absolute atomic E-state index is 10.5. The monoisotopic (exact) mass is 278 g/mol. The Kier molecular flexibility index (Phi) is 5.77. The van der Waals surface area contributed by atoms with Gasteiger partial charge in [0.2, 0.25) is 5.88 Å². The normalized spacial score (nSPS) is 24.4. The van der Waals surface area contributed by atoms with Crippen molar-refractivity contribution in [2.45, 2.75) is 58.0 Å². The van der Waals surface area contributed by atoms with E-state index in [0.717, 1.165) is 18.8 Å². The Balaban J connectivity index is 1.93. The number of aromatic nitrogens is 2. The van der Waals surface area contributed by atoms with Gasteiger partial charge in [-0.3, -0.25) is 4.98 Å². The van der Waals surface area contributed by atoms with Crippen LogP contribution >= 0.6 is 0 Å². The van der Waals surface area contributed by atoms with Crippen molar-refractivity contribution in [3.8, 4) is 5.88 Å². The first-order chi connectivity index (χ1) is 9.76. The van der Waals surface area contributed by atoms with Crippen LogP contribution in [0.4, 0.5) is 0 Å². The molecular formula is C16H26N2O2. The van der Waals surface area contributed by atoms with Crippen LogP contribution in [-0.2, 0) is 0 Å². The van der Waals surface area contributed by atoms with E-state index in [-0.39, 0.29) is 0 Å². The first-order valence-electron chi connectivity index (χ1n) is 7.79. The maximum atomic E-state index is 10.5. The van der Waals surface area contributed by atoms with E-state index in [1.54, 1.807) is 19.5 Å². The van der Waals surface area contributed by atoms with Crippen LogP contribution < -0.4 is 4.74 Å². The molecule has 1 aliphatic carbocycles. The summed E-state index contributed by atoms with van der Waals surface area (Å²) in [5, 5.41) is 10.5. The lowest BCUT2D eigenvalue weighted by molar-refractivity contribution is 0.0659. The molecule has 1 aromatic rings. The molecule has 1 N–H and O–H groups in total. The minimum absolute atomic E-state index is 0.290. The number of methoxy groups -OCH3 is 1. The topological polar surface area (TPSA) is 55.2 Å². The van der Waals surface area contributed by atoms with Gasteiger partial charge in [0.25, 0.3) is 0 Å². The summed E-state index contributed by atoms with van der Waals surface area (Å²) < 4.78 is 5.20. The van der Waals surface area contributed by atoms with Crippen LogP contribution in [0.3, 0.4) is 0 Å². The minimum Gasteiger partial charge on any atom is -0.480 e. The zero-order valence-electron chi connectivity index (χ0n) is 12.6. The fourth-order valence-electron chi connectivity index (χ4n) is 3.20. The number of ether oxygens (including phenoxy) is 1. The molecule has 0 radical (unpaired) electrons. The van der Waals surface area contributed by atoms with Gasteiger partial charge in [-0.2, -0.15) is 0 Å². The minimum atomic E-state index is -0.550. The summed E-state index contributed by atoms with van der Waals surface area (Å²) >= 11 is 0. The van der Waals surface area contributed by atoms with Gasteiger partial charge in [0, 0.05) is 12.4 Å². The van der Waals surface area contributed by atoms with Crippen molar-refractivity contribution in [2.75, 3.05) is 7.11 Å². The summed E-state index contributed by atoms with van der Waals surface area (Å²) in [6.45, 7) is 2.25. The fourth-order valence-corrected chi connectivity index (χ4v) is 3.20. The molecule has 4 heteroatoms. The van der Waals surface area contributed by atoms with Gasteiger partial charge in [0.1, 0.15) is 11.8 Å². The molecule has 1 unspecified atom stereocenters. The summed E-state index contributed by atoms with van der Waals surface area (Å²) in [5.74, 6) is 1.59. The van der Waals surface area contributed by atoms with Gasteiger partial charge < -0.3 is 9.84 Å². The van der Waals surface area contributed by atoms with Crippen molar-refractivity contribution < 1.29 is 9.84 Å². The molecule has 112 valence electrons. The van der Waals surface area contributed by atoms with Crippen LogP contribution in [0.2, 0.25) is 0 Å². The molecule has 4 nitrogen and oxygen atoms in total. The third kappa shape index (κ3) is 3.69. The lowest BCUT2D eigenvalue weighted by atomic mass is 9.77. The average Bonchev–Trinajstić information content (AvgIpc) is 2.52. The summed E-state index contributed by atoms with van der Waals surface area (Å²) in [5.41, 5.74) is 0.590. The van der Waals surface area contributed by atoms with E-state index in [2.05, 4.69) is 16.9 Å². The van der Waals surface area contributed by atoms with Crippen LogP contribution in [0.15, 0.2) is 12.4 Å². The molecular weight excluding hydrogens is 252 g/mol. The highest BCUT2D eigenvalue weighted by atomic mass is 16.5. The molecule has 1 heterocycles. The van der Waals surface area contributed by atoms with Gasteiger partial charge in [-0.05, 0) is 24.7 Å². The Hall–Kier alpha value is -1.16. The Morgan fingerprint density at radius 1 is 1.25 bits per heavy atom. The maximum Gasteiger partial charge on any atom is 0.238 e. The molecule has 20 heavy (non-hydrogen) atoms. The van der Waals surface area contributed by atoms with Crippen molar-refractivity contribution in [3.05, 3.63) is 18.1 Å². The van der Waals surface area contributed by atoms with Crippen molar-refractivity contribution in [2.24, 2.45) is 11.8 Å². The summed E-state index contributed by atoms with van der Waals surface area (Å²) in [4.78, 5) is 8.38. The number of hydrogen-bond acceptors (Lipinski definition) is 4. The van der Waals surface area contributed by atoms with Crippen molar-refractivity contribution in [1.82, 2.24) is 9.97 Å². The molecule has 1 atom stereocenters. The average molecular weight is 278 g/mol. The number of aliphatic hydroxyl groups excluding tert-OH is 1. The first-order valence-corrected chi connectivity index (χ1v) is 7.79. The smallest absolute Gasteiger partial charge is 0.238 e. The SMILES string of the molecule is CCCCC1CCC(C(O)c2nccnc2OC)CC1. The Bertz CT molecular complexity index is 403. The van der Waals surface area contributed by atoms with E-state index in [4.69, 9.17) is 4.74 Å². The second-order valence-electron chi connectivity index (χ2n) is 5.82. The van der Waals surface area contributed by atoms with Crippen molar-refractivity contribution in [3.63, 3.8) is 0 Å². The lowest BCUT2D eigenvalue weighted by Crippen LogP contribution is -2.21. The third-order valence-electron chi connectivity index (χ3n) is 4.47. The fraction of sp³-hybridized carbons (Fsp3) is 0.750. The van der Waals surface area contributed by atoms with Gasteiger partial charge in [-0.1, -0.05) is 39.0 Å². The predicted octanol–water partition coefficient (Wildman–Crippen LogP) is 3.52. The van der Waals surface area contributed by atoms with Gasteiger partial charge >= 0.3 is 0 Å². The van der Waals surface area contributed by atoms with Gasteiger partial charge in [0.05, 0.1) is 7.11 Å². The molecule has 1 fully saturated rings. The second-order valence-corrected chi connectivity index (χ2v) is 5.82. The molecule has 0 saturated heterocycles. The highest BCUT2D eigenvalue weighted by Gasteiger charge is 2.29. The zero-order chi connectivity index (χ0) is 14.4. The van der Waals surface area contributed by atoms with Crippen LogP contribution in [0.5, 0.6) is 5.88 Å². The summed E-state index contributed by atoms with van der Waals surface area (Å²) in [6.07, 6.45) is 11.2. The predicted molar refractivity (Wildman–Crippen MR) is 78.5 cm³/mol. The van der Waals surface area contributed by atoms with Crippen molar-refractivity contribution in [1.29, 1.82) is 0 Å². The van der Waals surface area contributed by atoms with Gasteiger partial charge in [-0.25, -0.2) is 4.98 Å². The molecule has 1 aliphatic rings. The van der Waals surface area contributed by atoms with Gasteiger partial charge in [0.15, 0.2) is 0 Å². The largest absolute Gasteiger partial charge is 0.480 e.